The third kappa shape index (κ3) is 22.9. The summed E-state index contributed by atoms with van der Waals surface area (Å²) in [5, 5.41) is 9.81. The Labute approximate surface area is 173 Å². The fourth-order valence-electron chi connectivity index (χ4n) is 2.85. The summed E-state index contributed by atoms with van der Waals surface area (Å²) in [5.74, 6) is -0.196. The summed E-state index contributed by atoms with van der Waals surface area (Å²) in [5.41, 5.74) is 0. The normalized spacial score (nSPS) is 12.8. The summed E-state index contributed by atoms with van der Waals surface area (Å²) in [6.45, 7) is 2.25. The molecule has 6 heteroatoms. The Balaban J connectivity index is -0.00000242. The Kier molecular flexibility index (Phi) is 21.1. The monoisotopic (exact) mass is 374 g/mol. The maximum Gasteiger partial charge on any atom is 1.00 e. The second-order valence-electron chi connectivity index (χ2n) is 6.76. The summed E-state index contributed by atoms with van der Waals surface area (Å²) < 4.78 is 29.7. The molecule has 0 spiro atoms. The van der Waals surface area contributed by atoms with E-state index >= 15 is 0 Å². The van der Waals surface area contributed by atoms with Gasteiger partial charge in [-0.15, -0.1) is 0 Å². The van der Waals surface area contributed by atoms with Gasteiger partial charge in [-0.3, -0.25) is 4.55 Å². The van der Waals surface area contributed by atoms with Gasteiger partial charge in [0.1, 0.15) is 0 Å². The molecule has 24 heavy (non-hydrogen) atoms. The van der Waals surface area contributed by atoms with E-state index in [9.17, 15) is 13.5 Å². The summed E-state index contributed by atoms with van der Waals surface area (Å²) in [7, 11) is -3.84. The smallest absolute Gasteiger partial charge is 1.00 e. The minimum Gasteiger partial charge on any atom is -1.00 e. The Bertz CT molecular complexity index is 353. The average Bonchev–Trinajstić information content (AvgIpc) is 2.48. The van der Waals surface area contributed by atoms with Crippen LogP contribution in [0.25, 0.3) is 0 Å². The van der Waals surface area contributed by atoms with Crippen LogP contribution in [-0.2, 0) is 10.1 Å². The molecule has 0 aliphatic heterocycles. The maximum absolute atomic E-state index is 10.6. The molecular weight excluding hydrogens is 335 g/mol. The topological polar surface area (TPSA) is 74.6 Å². The molecule has 0 aliphatic carbocycles. The molecule has 0 radical (unpaired) electrons. The zero-order valence-corrected chi connectivity index (χ0v) is 18.8. The van der Waals surface area contributed by atoms with Crippen molar-refractivity contribution in [2.24, 2.45) is 0 Å². The van der Waals surface area contributed by atoms with E-state index in [1.807, 2.05) is 0 Å². The number of hydrogen-bond donors (Lipinski definition) is 2. The Morgan fingerprint density at radius 3 is 1.54 bits per heavy atom. The molecule has 1 atom stereocenters. The van der Waals surface area contributed by atoms with E-state index in [1.54, 1.807) is 0 Å². The van der Waals surface area contributed by atoms with Crippen LogP contribution in [0.4, 0.5) is 0 Å². The molecule has 2 N–H and O–H groups in total. The van der Waals surface area contributed by atoms with Crippen LogP contribution in [0.15, 0.2) is 0 Å². The number of hydrogen-bond acceptors (Lipinski definition) is 3. The fraction of sp³-hybridized carbons (Fsp3) is 1.00. The van der Waals surface area contributed by atoms with Crippen LogP contribution in [-0.4, -0.2) is 29.9 Å². The van der Waals surface area contributed by atoms with Crippen molar-refractivity contribution >= 4 is 10.1 Å². The van der Waals surface area contributed by atoms with E-state index in [0.717, 1.165) is 12.8 Å². The largest absolute Gasteiger partial charge is 1.00 e. The first kappa shape index (κ1) is 27.1. The zero-order valence-electron chi connectivity index (χ0n) is 17.0. The van der Waals surface area contributed by atoms with E-state index in [-0.39, 0.29) is 42.8 Å². The van der Waals surface area contributed by atoms with Gasteiger partial charge < -0.3 is 6.53 Å². The van der Waals surface area contributed by atoms with Crippen molar-refractivity contribution in [2.45, 2.75) is 109 Å². The predicted molar refractivity (Wildman–Crippen MR) is 98.5 cm³/mol. The third-order valence-electron chi connectivity index (χ3n) is 4.33. The molecule has 0 saturated heterocycles. The first-order valence-corrected chi connectivity index (χ1v) is 11.2. The van der Waals surface area contributed by atoms with Crippen LogP contribution < -0.4 is 29.6 Å². The first-order chi connectivity index (χ1) is 11.0. The molecular formula is C18H39NaO4S. The minimum absolute atomic E-state index is 0. The van der Waals surface area contributed by atoms with Crippen molar-refractivity contribution < 1.29 is 49.1 Å². The summed E-state index contributed by atoms with van der Waals surface area (Å²) in [4.78, 5) is 0. The Morgan fingerprint density at radius 2 is 1.12 bits per heavy atom. The van der Waals surface area contributed by atoms with Crippen LogP contribution in [0.3, 0.4) is 0 Å². The fourth-order valence-corrected chi connectivity index (χ4v) is 3.42. The number of rotatable bonds is 17. The standard InChI is InChI=1S/C18H38O4S.Na.H/c1-2-3-4-5-6-7-8-9-10-11-12-15-18(19)16-13-14-17-23(20,21)22;;/h18-19H,2-17H2,1H3,(H,20,21,22);;/q;+1;-1. The molecule has 0 amide bonds. The van der Waals surface area contributed by atoms with Gasteiger partial charge in [0, 0.05) is 0 Å². The molecule has 0 aromatic carbocycles. The first-order valence-electron chi connectivity index (χ1n) is 9.59. The summed E-state index contributed by atoms with van der Waals surface area (Å²) in [6.07, 6.45) is 16.5. The van der Waals surface area contributed by atoms with Crippen LogP contribution in [0.5, 0.6) is 0 Å². The number of aliphatic hydroxyl groups is 1. The van der Waals surface area contributed by atoms with Crippen molar-refractivity contribution in [1.82, 2.24) is 0 Å². The second-order valence-corrected chi connectivity index (χ2v) is 8.33. The molecule has 0 aromatic heterocycles. The van der Waals surface area contributed by atoms with Gasteiger partial charge >= 0.3 is 29.6 Å². The van der Waals surface area contributed by atoms with Crippen molar-refractivity contribution in [3.05, 3.63) is 0 Å². The predicted octanol–water partition coefficient (Wildman–Crippen LogP) is 2.22. The molecule has 0 aromatic rings. The van der Waals surface area contributed by atoms with Crippen LogP contribution in [0.1, 0.15) is 105 Å². The molecule has 142 valence electrons. The van der Waals surface area contributed by atoms with Crippen LogP contribution >= 0.6 is 0 Å². The molecule has 0 heterocycles. The van der Waals surface area contributed by atoms with Gasteiger partial charge in [-0.25, -0.2) is 0 Å². The maximum atomic E-state index is 10.6. The molecule has 0 bridgehead atoms. The van der Waals surface area contributed by atoms with E-state index in [0.29, 0.717) is 19.3 Å². The summed E-state index contributed by atoms with van der Waals surface area (Å²) in [6, 6.07) is 0. The van der Waals surface area contributed by atoms with Crippen molar-refractivity contribution in [3.8, 4) is 0 Å². The van der Waals surface area contributed by atoms with Gasteiger partial charge in [0.25, 0.3) is 10.1 Å². The molecule has 1 unspecified atom stereocenters. The number of unbranched alkanes of at least 4 members (excludes halogenated alkanes) is 11. The van der Waals surface area contributed by atoms with Crippen LogP contribution in [0.2, 0.25) is 0 Å². The van der Waals surface area contributed by atoms with Crippen molar-refractivity contribution in [2.75, 3.05) is 5.75 Å². The zero-order chi connectivity index (χ0) is 17.4. The van der Waals surface area contributed by atoms with E-state index in [4.69, 9.17) is 4.55 Å². The Hall–Kier alpha value is 0.870. The van der Waals surface area contributed by atoms with Gasteiger partial charge in [0.05, 0.1) is 11.9 Å². The summed E-state index contributed by atoms with van der Waals surface area (Å²) >= 11 is 0. The van der Waals surface area contributed by atoms with Gasteiger partial charge in [-0.05, 0) is 25.7 Å². The van der Waals surface area contributed by atoms with Gasteiger partial charge in [0.2, 0.25) is 0 Å². The molecule has 0 saturated carbocycles. The second kappa shape index (κ2) is 18.7. The number of aliphatic hydroxyl groups excluding tert-OH is 1. The van der Waals surface area contributed by atoms with Crippen molar-refractivity contribution in [1.29, 1.82) is 0 Å². The SMILES string of the molecule is CCCCCCCCCCCCCC(O)CCCCS(=O)(=O)O.[H-].[Na+]. The quantitative estimate of drug-likeness (QED) is 0.233. The van der Waals surface area contributed by atoms with Crippen LogP contribution in [0, 0.1) is 0 Å². The minimum atomic E-state index is -3.84. The van der Waals surface area contributed by atoms with Gasteiger partial charge in [-0.2, -0.15) is 8.42 Å². The van der Waals surface area contributed by atoms with E-state index < -0.39 is 10.1 Å². The molecule has 0 fully saturated rings. The molecule has 4 nitrogen and oxygen atoms in total. The third-order valence-corrected chi connectivity index (χ3v) is 5.14. The van der Waals surface area contributed by atoms with E-state index in [2.05, 4.69) is 6.92 Å². The van der Waals surface area contributed by atoms with Gasteiger partial charge in [0.15, 0.2) is 0 Å². The van der Waals surface area contributed by atoms with Crippen molar-refractivity contribution in [3.63, 3.8) is 0 Å². The van der Waals surface area contributed by atoms with Gasteiger partial charge in [-0.1, -0.05) is 77.6 Å². The van der Waals surface area contributed by atoms with E-state index in [1.165, 1.54) is 64.2 Å². The Morgan fingerprint density at radius 1 is 0.750 bits per heavy atom. The molecule has 0 aliphatic rings. The average molecular weight is 375 g/mol. The molecule has 0 rings (SSSR count).